The van der Waals surface area contributed by atoms with Gasteiger partial charge in [0.05, 0.1) is 13.1 Å². The molecule has 0 saturated heterocycles. The van der Waals surface area contributed by atoms with E-state index in [-0.39, 0.29) is 0 Å². The predicted molar refractivity (Wildman–Crippen MR) is 76.1 cm³/mol. The minimum absolute atomic E-state index is 0.297. The maximum atomic E-state index is 11.7. The number of hydrogen-bond donors (Lipinski definition) is 2. The average Bonchev–Trinajstić information content (AvgIpc) is 2.42. The van der Waals surface area contributed by atoms with Crippen molar-refractivity contribution in [2.24, 2.45) is 0 Å². The normalized spacial score (nSPS) is 13.9. The van der Waals surface area contributed by atoms with E-state index in [1.165, 1.54) is 19.2 Å². The van der Waals surface area contributed by atoms with Crippen molar-refractivity contribution in [1.82, 2.24) is 5.32 Å². The van der Waals surface area contributed by atoms with E-state index in [4.69, 9.17) is 9.47 Å². The summed E-state index contributed by atoms with van der Waals surface area (Å²) in [5.41, 5.74) is -0.489. The molecule has 0 unspecified atom stereocenters. The molecule has 1 amide bonds. The Bertz CT molecular complexity index is 520. The molecule has 0 aliphatic carbocycles. The van der Waals surface area contributed by atoms with Gasteiger partial charge in [0.2, 0.25) is 0 Å². The van der Waals surface area contributed by atoms with Gasteiger partial charge in [-0.15, -0.1) is 0 Å². The number of carbonyl (C=O) groups excluding carboxylic acids is 2. The van der Waals surface area contributed by atoms with Gasteiger partial charge in [0.1, 0.15) is 23.5 Å². The number of rotatable bonds is 5. The van der Waals surface area contributed by atoms with Gasteiger partial charge < -0.3 is 29.8 Å². The summed E-state index contributed by atoms with van der Waals surface area (Å²) in [4.78, 5) is 22.8. The minimum atomic E-state index is -1.64. The number of hydrogen-bond acceptors (Lipinski definition) is 6. The molecular weight excluding hydrogens is 290 g/mol. The van der Waals surface area contributed by atoms with Crippen molar-refractivity contribution in [3.8, 4) is 5.75 Å². The van der Waals surface area contributed by atoms with Gasteiger partial charge in [0.15, 0.2) is 0 Å². The zero-order valence-electron chi connectivity index (χ0n) is 13.0. The van der Waals surface area contributed by atoms with Gasteiger partial charge >= 0.3 is 6.09 Å². The quantitative estimate of drug-likeness (QED) is 0.813. The van der Waals surface area contributed by atoms with Crippen LogP contribution in [0.25, 0.3) is 0 Å². The summed E-state index contributed by atoms with van der Waals surface area (Å²) in [6.07, 6.45) is -2.43. The van der Waals surface area contributed by atoms with Crippen molar-refractivity contribution in [2.45, 2.75) is 38.5 Å². The standard InChI is InChI=1S/C15H21NO6/c1-15(2,3)22-14(20)16-11(13(18)19)12(17)9-5-7-10(21-4)8-6-9/h5-8,11-12,17H,1-4H3,(H,16,20)(H,18,19)/p-1/t11-,12+/m0/s1. The highest BCUT2D eigenvalue weighted by Crippen LogP contribution is 2.20. The van der Waals surface area contributed by atoms with Crippen LogP contribution >= 0.6 is 0 Å². The number of benzene rings is 1. The lowest BCUT2D eigenvalue weighted by Gasteiger charge is -2.27. The number of amides is 1. The van der Waals surface area contributed by atoms with Crippen LogP contribution in [0, 0.1) is 0 Å². The van der Waals surface area contributed by atoms with Crippen LogP contribution in [-0.2, 0) is 9.53 Å². The molecule has 1 aromatic rings. The SMILES string of the molecule is COc1ccc([C@@H](O)[C@H](NC(=O)OC(C)(C)C)C(=O)[O-])cc1. The number of carboxylic acid groups (broad SMARTS) is 1. The molecule has 0 fully saturated rings. The van der Waals surface area contributed by atoms with E-state index in [0.29, 0.717) is 11.3 Å². The fraction of sp³-hybridized carbons (Fsp3) is 0.467. The molecule has 2 atom stereocenters. The van der Waals surface area contributed by atoms with E-state index in [0.717, 1.165) is 0 Å². The Morgan fingerprint density at radius 2 is 1.77 bits per heavy atom. The molecule has 7 nitrogen and oxygen atoms in total. The summed E-state index contributed by atoms with van der Waals surface area (Å²) < 4.78 is 9.94. The van der Waals surface area contributed by atoms with E-state index < -0.39 is 29.8 Å². The van der Waals surface area contributed by atoms with Crippen LogP contribution < -0.4 is 15.2 Å². The largest absolute Gasteiger partial charge is 0.548 e. The highest BCUT2D eigenvalue weighted by Gasteiger charge is 2.26. The molecule has 0 bridgehead atoms. The first kappa shape index (κ1) is 17.8. The summed E-state index contributed by atoms with van der Waals surface area (Å²) in [5, 5.41) is 23.4. The van der Waals surface area contributed by atoms with Gasteiger partial charge in [-0.1, -0.05) is 12.1 Å². The number of nitrogens with one attached hydrogen (secondary N) is 1. The highest BCUT2D eigenvalue weighted by molar-refractivity contribution is 5.79. The van der Waals surface area contributed by atoms with Crippen molar-refractivity contribution < 1.29 is 29.3 Å². The predicted octanol–water partition coefficient (Wildman–Crippen LogP) is 0.372. The van der Waals surface area contributed by atoms with E-state index in [1.807, 2.05) is 0 Å². The van der Waals surface area contributed by atoms with Crippen LogP contribution in [0.2, 0.25) is 0 Å². The lowest BCUT2D eigenvalue weighted by Crippen LogP contribution is -2.52. The van der Waals surface area contributed by atoms with E-state index >= 15 is 0 Å². The lowest BCUT2D eigenvalue weighted by molar-refractivity contribution is -0.310. The molecule has 7 heteroatoms. The monoisotopic (exact) mass is 310 g/mol. The number of aliphatic hydroxyl groups is 1. The third kappa shape index (κ3) is 5.25. The Labute approximate surface area is 128 Å². The summed E-state index contributed by atoms with van der Waals surface area (Å²) >= 11 is 0. The number of aliphatic hydroxyl groups excluding tert-OH is 1. The fourth-order valence-corrected chi connectivity index (χ4v) is 1.69. The molecule has 0 radical (unpaired) electrons. The molecule has 0 aliphatic rings. The molecule has 0 spiro atoms. The highest BCUT2D eigenvalue weighted by atomic mass is 16.6. The molecule has 2 N–H and O–H groups in total. The van der Waals surface area contributed by atoms with Crippen LogP contribution in [0.15, 0.2) is 24.3 Å². The number of ether oxygens (including phenoxy) is 2. The Morgan fingerprint density at radius 3 is 2.18 bits per heavy atom. The van der Waals surface area contributed by atoms with Crippen LogP contribution in [0.4, 0.5) is 4.79 Å². The second kappa shape index (κ2) is 7.13. The molecule has 1 aromatic carbocycles. The molecule has 0 aromatic heterocycles. The molecule has 0 heterocycles. The van der Waals surface area contributed by atoms with Crippen LogP contribution in [0.1, 0.15) is 32.4 Å². The van der Waals surface area contributed by atoms with Gasteiger partial charge in [-0.05, 0) is 38.5 Å². The third-order valence-electron chi connectivity index (χ3n) is 2.70. The second-order valence-electron chi connectivity index (χ2n) is 5.66. The summed E-state index contributed by atoms with van der Waals surface area (Å²) in [7, 11) is 1.49. The van der Waals surface area contributed by atoms with Crippen LogP contribution in [0.5, 0.6) is 5.75 Å². The van der Waals surface area contributed by atoms with Crippen molar-refractivity contribution in [1.29, 1.82) is 0 Å². The maximum Gasteiger partial charge on any atom is 0.408 e. The van der Waals surface area contributed by atoms with E-state index in [9.17, 15) is 19.8 Å². The lowest BCUT2D eigenvalue weighted by atomic mass is 10.0. The molecule has 122 valence electrons. The summed E-state index contributed by atoms with van der Waals surface area (Å²) in [6.45, 7) is 4.92. The van der Waals surface area contributed by atoms with E-state index in [2.05, 4.69) is 5.32 Å². The van der Waals surface area contributed by atoms with Crippen LogP contribution in [-0.4, -0.2) is 35.9 Å². The van der Waals surface area contributed by atoms with Crippen molar-refractivity contribution in [3.63, 3.8) is 0 Å². The molecule has 22 heavy (non-hydrogen) atoms. The summed E-state index contributed by atoms with van der Waals surface area (Å²) in [5.74, 6) is -1.06. The molecule has 1 rings (SSSR count). The van der Waals surface area contributed by atoms with Crippen molar-refractivity contribution >= 4 is 12.1 Å². The number of aliphatic carboxylic acids is 1. The zero-order chi connectivity index (χ0) is 16.9. The Balaban J connectivity index is 2.85. The molecule has 0 aliphatic heterocycles. The Kier molecular flexibility index (Phi) is 5.76. The zero-order valence-corrected chi connectivity index (χ0v) is 13.0. The first-order chi connectivity index (χ1) is 10.1. The maximum absolute atomic E-state index is 11.7. The number of carbonyl (C=O) groups is 2. The number of carboxylic acids is 1. The van der Waals surface area contributed by atoms with Gasteiger partial charge in [-0.2, -0.15) is 0 Å². The smallest absolute Gasteiger partial charge is 0.408 e. The number of methoxy groups -OCH3 is 1. The van der Waals surface area contributed by atoms with Crippen LogP contribution in [0.3, 0.4) is 0 Å². The van der Waals surface area contributed by atoms with Gasteiger partial charge in [-0.25, -0.2) is 4.79 Å². The second-order valence-corrected chi connectivity index (χ2v) is 5.66. The third-order valence-corrected chi connectivity index (χ3v) is 2.70. The Hall–Kier alpha value is -2.28. The first-order valence-electron chi connectivity index (χ1n) is 6.66. The molecule has 0 saturated carbocycles. The van der Waals surface area contributed by atoms with Gasteiger partial charge in [-0.3, -0.25) is 0 Å². The first-order valence-corrected chi connectivity index (χ1v) is 6.66. The average molecular weight is 310 g/mol. The van der Waals surface area contributed by atoms with Gasteiger partial charge in [0.25, 0.3) is 0 Å². The van der Waals surface area contributed by atoms with E-state index in [1.54, 1.807) is 32.9 Å². The van der Waals surface area contributed by atoms with Gasteiger partial charge in [0, 0.05) is 0 Å². The Morgan fingerprint density at radius 1 is 1.23 bits per heavy atom. The molecular formula is C15H20NO6-. The summed E-state index contributed by atoms with van der Waals surface area (Å²) in [6, 6.07) is 4.49. The number of alkyl carbamates (subject to hydrolysis) is 1. The fourth-order valence-electron chi connectivity index (χ4n) is 1.69. The topological polar surface area (TPSA) is 108 Å². The minimum Gasteiger partial charge on any atom is -0.548 e. The van der Waals surface area contributed by atoms with Crippen molar-refractivity contribution in [2.75, 3.05) is 7.11 Å². The van der Waals surface area contributed by atoms with Crippen molar-refractivity contribution in [3.05, 3.63) is 29.8 Å².